The Morgan fingerprint density at radius 1 is 1.08 bits per heavy atom. The second-order valence-corrected chi connectivity index (χ2v) is 6.60. The lowest BCUT2D eigenvalue weighted by Crippen LogP contribution is -2.44. The van der Waals surface area contributed by atoms with Gasteiger partial charge in [0.15, 0.2) is 24.1 Å². The first-order chi connectivity index (χ1) is 11.7. The van der Waals surface area contributed by atoms with E-state index in [1.807, 2.05) is 0 Å². The number of benzene rings is 2. The first kappa shape index (κ1) is 19.0. The molecule has 0 heterocycles. The molecule has 0 bridgehead atoms. The SMILES string of the molecule is O=C(COc1ccccc1Cl)NNS(=O)(=O)c1ccc(F)c(F)c1F. The fourth-order valence-corrected chi connectivity index (χ4v) is 2.76. The third kappa shape index (κ3) is 4.62. The molecule has 0 aliphatic rings. The van der Waals surface area contributed by atoms with Gasteiger partial charge in [0.2, 0.25) is 0 Å². The van der Waals surface area contributed by atoms with Crippen molar-refractivity contribution in [1.82, 2.24) is 10.3 Å². The van der Waals surface area contributed by atoms with Gasteiger partial charge in [-0.15, -0.1) is 4.83 Å². The summed E-state index contributed by atoms with van der Waals surface area (Å²) in [5.41, 5.74) is 1.74. The van der Waals surface area contributed by atoms with E-state index in [1.165, 1.54) is 12.1 Å². The average Bonchev–Trinajstić information content (AvgIpc) is 2.57. The summed E-state index contributed by atoms with van der Waals surface area (Å²) in [6, 6.07) is 7.20. The van der Waals surface area contributed by atoms with Gasteiger partial charge in [0, 0.05) is 0 Å². The molecule has 1 amide bonds. The Balaban J connectivity index is 1.99. The van der Waals surface area contributed by atoms with Gasteiger partial charge in [-0.1, -0.05) is 23.7 Å². The molecule has 0 aromatic heterocycles. The van der Waals surface area contributed by atoms with Gasteiger partial charge < -0.3 is 4.74 Å². The average molecular weight is 395 g/mol. The standard InChI is InChI=1S/C14H10ClF3N2O4S/c15-8-3-1-2-4-10(8)24-7-12(21)19-20-25(22,23)11-6-5-9(16)13(17)14(11)18/h1-6,20H,7H2,(H,19,21). The van der Waals surface area contributed by atoms with Crippen LogP contribution in [0.1, 0.15) is 0 Å². The number of hydrogen-bond donors (Lipinski definition) is 2. The Labute approximate surface area is 145 Å². The molecule has 2 N–H and O–H groups in total. The number of sulfonamides is 1. The molecule has 0 saturated carbocycles. The molecule has 134 valence electrons. The Morgan fingerprint density at radius 3 is 2.44 bits per heavy atom. The molecule has 2 rings (SSSR count). The second-order valence-electron chi connectivity index (χ2n) is 4.55. The van der Waals surface area contributed by atoms with Crippen LogP contribution in [0.25, 0.3) is 0 Å². The molecule has 25 heavy (non-hydrogen) atoms. The van der Waals surface area contributed by atoms with Crippen LogP contribution in [-0.2, 0) is 14.8 Å². The van der Waals surface area contributed by atoms with Crippen molar-refractivity contribution >= 4 is 27.5 Å². The molecule has 0 spiro atoms. The summed E-state index contributed by atoms with van der Waals surface area (Å²) < 4.78 is 68.2. The van der Waals surface area contributed by atoms with E-state index < -0.39 is 44.9 Å². The van der Waals surface area contributed by atoms with E-state index in [0.717, 1.165) is 0 Å². The van der Waals surface area contributed by atoms with Crippen molar-refractivity contribution in [3.63, 3.8) is 0 Å². The lowest BCUT2D eigenvalue weighted by Gasteiger charge is -2.11. The van der Waals surface area contributed by atoms with Crippen LogP contribution >= 0.6 is 11.6 Å². The van der Waals surface area contributed by atoms with E-state index in [9.17, 15) is 26.4 Å². The summed E-state index contributed by atoms with van der Waals surface area (Å²) in [6.45, 7) is -0.605. The second kappa shape index (κ2) is 7.72. The van der Waals surface area contributed by atoms with E-state index in [2.05, 4.69) is 0 Å². The third-order valence-corrected chi connectivity index (χ3v) is 4.39. The summed E-state index contributed by atoms with van der Waals surface area (Å²) >= 11 is 5.81. The molecule has 0 aliphatic heterocycles. The maximum Gasteiger partial charge on any atom is 0.272 e. The van der Waals surface area contributed by atoms with Gasteiger partial charge in [-0.2, -0.15) is 0 Å². The first-order valence-electron chi connectivity index (χ1n) is 6.54. The molecular weight excluding hydrogens is 385 g/mol. The monoisotopic (exact) mass is 394 g/mol. The van der Waals surface area contributed by atoms with E-state index >= 15 is 0 Å². The molecule has 6 nitrogen and oxygen atoms in total. The molecule has 0 fully saturated rings. The maximum absolute atomic E-state index is 13.5. The minimum Gasteiger partial charge on any atom is -0.482 e. The van der Waals surface area contributed by atoms with E-state index in [1.54, 1.807) is 22.4 Å². The highest BCUT2D eigenvalue weighted by molar-refractivity contribution is 7.89. The van der Waals surface area contributed by atoms with E-state index in [-0.39, 0.29) is 10.8 Å². The zero-order valence-electron chi connectivity index (χ0n) is 12.2. The topological polar surface area (TPSA) is 84.5 Å². The highest BCUT2D eigenvalue weighted by atomic mass is 35.5. The van der Waals surface area contributed by atoms with Crippen molar-refractivity contribution in [2.24, 2.45) is 0 Å². The summed E-state index contributed by atoms with van der Waals surface area (Å²) in [4.78, 5) is 12.0. The quantitative estimate of drug-likeness (QED) is 0.581. The highest BCUT2D eigenvalue weighted by Crippen LogP contribution is 2.23. The maximum atomic E-state index is 13.5. The van der Waals surface area contributed by atoms with Crippen molar-refractivity contribution < 1.29 is 31.1 Å². The molecular formula is C14H10ClF3N2O4S. The zero-order valence-corrected chi connectivity index (χ0v) is 13.8. The van der Waals surface area contributed by atoms with Gasteiger partial charge in [-0.05, 0) is 24.3 Å². The van der Waals surface area contributed by atoms with Gasteiger partial charge in [0.1, 0.15) is 10.6 Å². The van der Waals surface area contributed by atoms with Crippen LogP contribution in [0.15, 0.2) is 41.3 Å². The van der Waals surface area contributed by atoms with Gasteiger partial charge in [-0.25, -0.2) is 21.6 Å². The van der Waals surface area contributed by atoms with Crippen molar-refractivity contribution in [3.8, 4) is 5.75 Å². The van der Waals surface area contributed by atoms with Gasteiger partial charge >= 0.3 is 0 Å². The predicted molar refractivity (Wildman–Crippen MR) is 81.7 cm³/mol. The summed E-state index contributed by atoms with van der Waals surface area (Å²) in [6.07, 6.45) is 0. The van der Waals surface area contributed by atoms with E-state index in [0.29, 0.717) is 12.1 Å². The van der Waals surface area contributed by atoms with E-state index in [4.69, 9.17) is 16.3 Å². The number of amides is 1. The van der Waals surface area contributed by atoms with Crippen LogP contribution in [0.3, 0.4) is 0 Å². The smallest absolute Gasteiger partial charge is 0.272 e. The Kier molecular flexibility index (Phi) is 5.88. The van der Waals surface area contributed by atoms with Crippen molar-refractivity contribution in [2.45, 2.75) is 4.90 Å². The minimum atomic E-state index is -4.66. The Hall–Kier alpha value is -2.30. The molecule has 2 aromatic carbocycles. The number of rotatable bonds is 6. The van der Waals surface area contributed by atoms with Crippen LogP contribution in [0.2, 0.25) is 5.02 Å². The molecule has 11 heteroatoms. The van der Waals surface area contributed by atoms with Crippen LogP contribution in [0.5, 0.6) is 5.75 Å². The molecule has 0 radical (unpaired) electrons. The lowest BCUT2D eigenvalue weighted by molar-refractivity contribution is -0.123. The zero-order chi connectivity index (χ0) is 18.6. The van der Waals surface area contributed by atoms with Crippen LogP contribution in [-0.4, -0.2) is 20.9 Å². The number of carbonyl (C=O) groups excluding carboxylic acids is 1. The van der Waals surface area contributed by atoms with Crippen LogP contribution < -0.4 is 15.0 Å². The minimum absolute atomic E-state index is 0.189. The fourth-order valence-electron chi connectivity index (χ4n) is 1.64. The number of para-hydroxylation sites is 1. The third-order valence-electron chi connectivity index (χ3n) is 2.81. The largest absolute Gasteiger partial charge is 0.482 e. The Morgan fingerprint density at radius 2 is 1.76 bits per heavy atom. The number of halogens is 4. The Bertz CT molecular complexity index is 909. The molecule has 0 aliphatic carbocycles. The highest BCUT2D eigenvalue weighted by Gasteiger charge is 2.24. The molecule has 0 unspecified atom stereocenters. The number of hydrazine groups is 1. The predicted octanol–water partition coefficient (Wildman–Crippen LogP) is 2.15. The number of ether oxygens (including phenoxy) is 1. The molecule has 0 saturated heterocycles. The van der Waals surface area contributed by atoms with Gasteiger partial charge in [0.05, 0.1) is 5.02 Å². The van der Waals surface area contributed by atoms with Crippen molar-refractivity contribution in [1.29, 1.82) is 0 Å². The summed E-state index contributed by atoms with van der Waals surface area (Å²) in [5, 5.41) is 0.236. The summed E-state index contributed by atoms with van der Waals surface area (Å²) in [7, 11) is -4.66. The molecule has 0 atom stereocenters. The van der Waals surface area contributed by atoms with Gasteiger partial charge in [-0.3, -0.25) is 10.2 Å². The summed E-state index contributed by atoms with van der Waals surface area (Å²) in [5.74, 6) is -6.15. The normalized spacial score (nSPS) is 11.2. The number of hydrogen-bond acceptors (Lipinski definition) is 4. The van der Waals surface area contributed by atoms with Gasteiger partial charge in [0.25, 0.3) is 15.9 Å². The lowest BCUT2D eigenvalue weighted by atomic mass is 10.3. The van der Waals surface area contributed by atoms with Crippen LogP contribution in [0.4, 0.5) is 13.2 Å². The number of nitrogens with one attached hydrogen (secondary N) is 2. The van der Waals surface area contributed by atoms with Crippen molar-refractivity contribution in [2.75, 3.05) is 6.61 Å². The van der Waals surface area contributed by atoms with Crippen molar-refractivity contribution in [3.05, 3.63) is 58.9 Å². The number of carbonyl (C=O) groups is 1. The molecule has 2 aromatic rings. The fraction of sp³-hybridized carbons (Fsp3) is 0.0714. The van der Waals surface area contributed by atoms with Crippen LogP contribution in [0, 0.1) is 17.5 Å². The first-order valence-corrected chi connectivity index (χ1v) is 8.40.